The number of nitrogens with two attached hydrogens (primary N) is 1. The molecule has 0 unspecified atom stereocenters. The van der Waals surface area contributed by atoms with Gasteiger partial charge in [0.05, 0.1) is 5.69 Å². The zero-order valence-electron chi connectivity index (χ0n) is 9.22. The molecular weight excluding hydrogens is 200 g/mol. The molecule has 16 heavy (non-hydrogen) atoms. The van der Waals surface area contributed by atoms with E-state index in [0.29, 0.717) is 5.82 Å². The maximum Gasteiger partial charge on any atom is 0.145 e. The molecule has 1 aromatic carbocycles. The molecule has 82 valence electrons. The predicted octanol–water partition coefficient (Wildman–Crippen LogP) is 1.45. The number of aromatic nitrogens is 2. The Balaban J connectivity index is 2.05. The molecule has 0 amide bonds. The fourth-order valence-corrected chi connectivity index (χ4v) is 2.18. The van der Waals surface area contributed by atoms with Crippen LogP contribution in [0.25, 0.3) is 5.69 Å². The van der Waals surface area contributed by atoms with Crippen LogP contribution in [0.5, 0.6) is 0 Å². The van der Waals surface area contributed by atoms with Crippen molar-refractivity contribution in [3.05, 3.63) is 36.0 Å². The van der Waals surface area contributed by atoms with E-state index >= 15 is 0 Å². The Bertz CT molecular complexity index is 530. The van der Waals surface area contributed by atoms with E-state index < -0.39 is 0 Å². The van der Waals surface area contributed by atoms with Gasteiger partial charge < -0.3 is 10.6 Å². The highest BCUT2D eigenvalue weighted by Crippen LogP contribution is 2.28. The van der Waals surface area contributed by atoms with Crippen molar-refractivity contribution in [2.75, 3.05) is 24.2 Å². The van der Waals surface area contributed by atoms with Gasteiger partial charge in [0.15, 0.2) is 0 Å². The van der Waals surface area contributed by atoms with Crippen molar-refractivity contribution in [1.82, 2.24) is 9.78 Å². The van der Waals surface area contributed by atoms with Crippen LogP contribution < -0.4 is 10.6 Å². The van der Waals surface area contributed by atoms with Crippen LogP contribution in [0.3, 0.4) is 0 Å². The monoisotopic (exact) mass is 214 g/mol. The maximum atomic E-state index is 5.61. The third kappa shape index (κ3) is 1.34. The van der Waals surface area contributed by atoms with Gasteiger partial charge in [-0.3, -0.25) is 0 Å². The van der Waals surface area contributed by atoms with Crippen molar-refractivity contribution in [3.8, 4) is 5.69 Å². The fraction of sp³-hybridized carbons (Fsp3) is 0.250. The average molecular weight is 214 g/mol. The van der Waals surface area contributed by atoms with E-state index in [1.807, 2.05) is 10.9 Å². The minimum absolute atomic E-state index is 0.553. The Morgan fingerprint density at radius 2 is 2.19 bits per heavy atom. The van der Waals surface area contributed by atoms with Gasteiger partial charge in [0.25, 0.3) is 0 Å². The fourth-order valence-electron chi connectivity index (χ4n) is 2.18. The minimum atomic E-state index is 0.553. The molecule has 1 aliphatic heterocycles. The van der Waals surface area contributed by atoms with Crippen molar-refractivity contribution >= 4 is 11.5 Å². The van der Waals surface area contributed by atoms with E-state index in [9.17, 15) is 0 Å². The highest BCUT2D eigenvalue weighted by Gasteiger charge is 2.15. The summed E-state index contributed by atoms with van der Waals surface area (Å²) in [4.78, 5) is 2.27. The van der Waals surface area contributed by atoms with Crippen LogP contribution >= 0.6 is 0 Å². The molecule has 0 bridgehead atoms. The Morgan fingerprint density at radius 1 is 1.31 bits per heavy atom. The summed E-state index contributed by atoms with van der Waals surface area (Å²) in [6.07, 6.45) is 2.99. The van der Waals surface area contributed by atoms with Gasteiger partial charge in [-0.05, 0) is 30.2 Å². The number of benzene rings is 1. The topological polar surface area (TPSA) is 47.1 Å². The maximum absolute atomic E-state index is 5.61. The lowest BCUT2D eigenvalue weighted by Gasteiger charge is -2.12. The van der Waals surface area contributed by atoms with Crippen molar-refractivity contribution in [2.24, 2.45) is 0 Å². The van der Waals surface area contributed by atoms with Crippen molar-refractivity contribution in [2.45, 2.75) is 6.42 Å². The summed E-state index contributed by atoms with van der Waals surface area (Å²) in [6.45, 7) is 1.10. The van der Waals surface area contributed by atoms with Crippen molar-refractivity contribution < 1.29 is 0 Å². The van der Waals surface area contributed by atoms with Crippen LogP contribution in [0.15, 0.2) is 30.5 Å². The zero-order valence-corrected chi connectivity index (χ0v) is 9.22. The third-order valence-corrected chi connectivity index (χ3v) is 3.07. The molecule has 0 atom stereocenters. The Labute approximate surface area is 94.3 Å². The molecule has 0 aliphatic carbocycles. The van der Waals surface area contributed by atoms with E-state index in [1.165, 1.54) is 11.3 Å². The van der Waals surface area contributed by atoms with Gasteiger partial charge in [-0.25, -0.2) is 4.68 Å². The lowest BCUT2D eigenvalue weighted by atomic mass is 10.1. The normalized spacial score (nSPS) is 14.2. The molecule has 0 saturated carbocycles. The highest BCUT2D eigenvalue weighted by atomic mass is 15.3. The quantitative estimate of drug-likeness (QED) is 0.781. The molecule has 3 rings (SSSR count). The van der Waals surface area contributed by atoms with E-state index in [1.54, 1.807) is 6.07 Å². The smallest absolute Gasteiger partial charge is 0.145 e. The van der Waals surface area contributed by atoms with Crippen LogP contribution in [0.2, 0.25) is 0 Å². The SMILES string of the molecule is CN1CCc2cc(-n3ccc(N)n3)ccc21. The zero-order chi connectivity index (χ0) is 11.1. The van der Waals surface area contributed by atoms with Gasteiger partial charge in [0, 0.05) is 31.5 Å². The summed E-state index contributed by atoms with van der Waals surface area (Å²) in [5, 5.41) is 4.21. The summed E-state index contributed by atoms with van der Waals surface area (Å²) in [5.41, 5.74) is 9.39. The van der Waals surface area contributed by atoms with Gasteiger partial charge in [-0.1, -0.05) is 0 Å². The van der Waals surface area contributed by atoms with E-state index in [4.69, 9.17) is 5.73 Å². The average Bonchev–Trinajstić information content (AvgIpc) is 2.86. The molecule has 2 aromatic rings. The summed E-state index contributed by atoms with van der Waals surface area (Å²) in [5.74, 6) is 0.553. The third-order valence-electron chi connectivity index (χ3n) is 3.07. The van der Waals surface area contributed by atoms with Crippen LogP contribution in [-0.4, -0.2) is 23.4 Å². The number of rotatable bonds is 1. The van der Waals surface area contributed by atoms with Crippen LogP contribution in [0.1, 0.15) is 5.56 Å². The first-order valence-electron chi connectivity index (χ1n) is 5.39. The van der Waals surface area contributed by atoms with E-state index in [0.717, 1.165) is 18.7 Å². The number of hydrogen-bond acceptors (Lipinski definition) is 3. The summed E-state index contributed by atoms with van der Waals surface area (Å²) in [7, 11) is 2.12. The first-order chi connectivity index (χ1) is 7.74. The highest BCUT2D eigenvalue weighted by molar-refractivity contribution is 5.60. The molecule has 2 heterocycles. The number of likely N-dealkylation sites (N-methyl/N-ethyl adjacent to an activating group) is 1. The van der Waals surface area contributed by atoms with Gasteiger partial charge in [-0.15, -0.1) is 0 Å². The van der Waals surface area contributed by atoms with Crippen molar-refractivity contribution in [1.29, 1.82) is 0 Å². The molecular formula is C12H14N4. The van der Waals surface area contributed by atoms with E-state index in [-0.39, 0.29) is 0 Å². The predicted molar refractivity (Wildman–Crippen MR) is 65.0 cm³/mol. The first kappa shape index (κ1) is 9.27. The number of hydrogen-bond donors (Lipinski definition) is 1. The molecule has 4 heteroatoms. The Kier molecular flexibility index (Phi) is 1.89. The number of nitrogens with zero attached hydrogens (tertiary/aromatic N) is 3. The molecule has 1 aromatic heterocycles. The number of anilines is 2. The summed E-state index contributed by atoms with van der Waals surface area (Å²) >= 11 is 0. The Morgan fingerprint density at radius 3 is 2.94 bits per heavy atom. The largest absolute Gasteiger partial charge is 0.382 e. The molecule has 0 spiro atoms. The van der Waals surface area contributed by atoms with E-state index in [2.05, 4.69) is 35.2 Å². The molecule has 4 nitrogen and oxygen atoms in total. The van der Waals surface area contributed by atoms with Crippen LogP contribution in [0.4, 0.5) is 11.5 Å². The molecule has 0 fully saturated rings. The second kappa shape index (κ2) is 3.27. The standard InChI is InChI=1S/C12H14N4/c1-15-6-4-9-8-10(2-3-11(9)15)16-7-5-12(13)14-16/h2-3,5,7-8H,4,6H2,1H3,(H2,13,14). The number of fused-ring (bicyclic) bond motifs is 1. The minimum Gasteiger partial charge on any atom is -0.382 e. The molecule has 1 aliphatic rings. The lowest BCUT2D eigenvalue weighted by Crippen LogP contribution is -2.12. The second-order valence-electron chi connectivity index (χ2n) is 4.17. The molecule has 0 saturated heterocycles. The van der Waals surface area contributed by atoms with Gasteiger partial charge in [0.2, 0.25) is 0 Å². The second-order valence-corrected chi connectivity index (χ2v) is 4.17. The lowest BCUT2D eigenvalue weighted by molar-refractivity contribution is 0.884. The van der Waals surface area contributed by atoms with Gasteiger partial charge >= 0.3 is 0 Å². The summed E-state index contributed by atoms with van der Waals surface area (Å²) < 4.78 is 1.81. The molecule has 0 radical (unpaired) electrons. The first-order valence-corrected chi connectivity index (χ1v) is 5.39. The Hall–Kier alpha value is -1.97. The van der Waals surface area contributed by atoms with Crippen LogP contribution in [-0.2, 0) is 6.42 Å². The molecule has 2 N–H and O–H groups in total. The summed E-state index contributed by atoms with van der Waals surface area (Å²) in [6, 6.07) is 8.22. The van der Waals surface area contributed by atoms with Gasteiger partial charge in [0.1, 0.15) is 5.82 Å². The number of nitrogen functional groups attached to an aromatic ring is 1. The van der Waals surface area contributed by atoms with Crippen LogP contribution in [0, 0.1) is 0 Å². The van der Waals surface area contributed by atoms with Gasteiger partial charge in [-0.2, -0.15) is 5.10 Å². The van der Waals surface area contributed by atoms with Crippen molar-refractivity contribution in [3.63, 3.8) is 0 Å².